The van der Waals surface area contributed by atoms with Crippen molar-refractivity contribution in [2.45, 2.75) is 0 Å². The first-order valence-electron chi connectivity index (χ1n) is 4.61. The second kappa shape index (κ2) is 5.37. The molecule has 2 nitrogen and oxygen atoms in total. The van der Waals surface area contributed by atoms with Gasteiger partial charge in [0.2, 0.25) is 0 Å². The molecule has 0 saturated carbocycles. The van der Waals surface area contributed by atoms with Crippen LogP contribution >= 0.6 is 31.9 Å². The zero-order valence-corrected chi connectivity index (χ0v) is 11.4. The predicted molar refractivity (Wildman–Crippen MR) is 69.5 cm³/mol. The molecular weight excluding hydrogens is 336 g/mol. The van der Waals surface area contributed by atoms with Crippen LogP contribution in [0.3, 0.4) is 0 Å². The van der Waals surface area contributed by atoms with Gasteiger partial charge < -0.3 is 0 Å². The summed E-state index contributed by atoms with van der Waals surface area (Å²) in [5.74, 6) is 1.27. The molecule has 0 amide bonds. The fraction of sp³-hybridized carbons (Fsp3) is 0. The molecule has 0 atom stereocenters. The molecule has 2 rings (SSSR count). The van der Waals surface area contributed by atoms with Gasteiger partial charge in [0.15, 0.2) is 11.5 Å². The van der Waals surface area contributed by atoms with Crippen LogP contribution in [0, 0.1) is 0 Å². The van der Waals surface area contributed by atoms with Gasteiger partial charge in [-0.3, -0.25) is 9.78 Å². The van der Waals surface area contributed by atoms with Crippen LogP contribution in [0.25, 0.3) is 0 Å². The fourth-order valence-electron chi connectivity index (χ4n) is 1.11. The maximum absolute atomic E-state index is 5.23. The molecule has 16 heavy (non-hydrogen) atoms. The number of hydrogen-bond donors (Lipinski definition) is 0. The summed E-state index contributed by atoms with van der Waals surface area (Å²) in [6, 6.07) is 15.0. The SMILES string of the molecule is Brc1ccccc1OOc1ccccc1Br. The average Bonchev–Trinajstić information content (AvgIpc) is 2.30. The van der Waals surface area contributed by atoms with E-state index in [0.29, 0.717) is 11.5 Å². The summed E-state index contributed by atoms with van der Waals surface area (Å²) < 4.78 is 1.70. The van der Waals surface area contributed by atoms with E-state index in [1.807, 2.05) is 48.5 Å². The third-order valence-electron chi connectivity index (χ3n) is 1.89. The third-order valence-corrected chi connectivity index (χ3v) is 3.20. The van der Waals surface area contributed by atoms with Crippen molar-refractivity contribution in [3.63, 3.8) is 0 Å². The van der Waals surface area contributed by atoms with Gasteiger partial charge in [0, 0.05) is 0 Å². The summed E-state index contributed by atoms with van der Waals surface area (Å²) in [7, 11) is 0. The van der Waals surface area contributed by atoms with E-state index in [2.05, 4.69) is 31.9 Å². The second-order valence-electron chi connectivity index (χ2n) is 3.03. The molecule has 0 saturated heterocycles. The minimum absolute atomic E-state index is 0.637. The van der Waals surface area contributed by atoms with Gasteiger partial charge in [-0.25, -0.2) is 0 Å². The largest absolute Gasteiger partial charge is 0.289 e. The van der Waals surface area contributed by atoms with E-state index < -0.39 is 0 Å². The summed E-state index contributed by atoms with van der Waals surface area (Å²) in [5.41, 5.74) is 0. The van der Waals surface area contributed by atoms with Crippen LogP contribution < -0.4 is 9.78 Å². The zero-order valence-electron chi connectivity index (χ0n) is 8.19. The number of hydrogen-bond acceptors (Lipinski definition) is 2. The quantitative estimate of drug-likeness (QED) is 0.599. The molecule has 0 aromatic heterocycles. The van der Waals surface area contributed by atoms with Gasteiger partial charge in [0.05, 0.1) is 8.95 Å². The van der Waals surface area contributed by atoms with Crippen molar-refractivity contribution in [2.24, 2.45) is 0 Å². The molecule has 0 bridgehead atoms. The van der Waals surface area contributed by atoms with Gasteiger partial charge in [0.25, 0.3) is 0 Å². The summed E-state index contributed by atoms with van der Waals surface area (Å²) in [4.78, 5) is 10.5. The summed E-state index contributed by atoms with van der Waals surface area (Å²) in [6.45, 7) is 0. The Balaban J connectivity index is 2.09. The number of benzene rings is 2. The molecule has 0 N–H and O–H groups in total. The van der Waals surface area contributed by atoms with E-state index in [-0.39, 0.29) is 0 Å². The fourth-order valence-corrected chi connectivity index (χ4v) is 1.82. The van der Waals surface area contributed by atoms with Gasteiger partial charge in [-0.05, 0) is 56.1 Å². The topological polar surface area (TPSA) is 18.5 Å². The Kier molecular flexibility index (Phi) is 3.85. The lowest BCUT2D eigenvalue weighted by Crippen LogP contribution is -2.01. The van der Waals surface area contributed by atoms with E-state index in [1.54, 1.807) is 0 Å². The molecule has 82 valence electrons. The molecule has 2 aromatic carbocycles. The molecule has 0 heterocycles. The lowest BCUT2D eigenvalue weighted by molar-refractivity contribution is -0.101. The van der Waals surface area contributed by atoms with Crippen LogP contribution in [0.2, 0.25) is 0 Å². The van der Waals surface area contributed by atoms with Gasteiger partial charge in [0.1, 0.15) is 0 Å². The van der Waals surface area contributed by atoms with Crippen molar-refractivity contribution < 1.29 is 9.78 Å². The highest BCUT2D eigenvalue weighted by Crippen LogP contribution is 2.27. The van der Waals surface area contributed by atoms with E-state index in [1.165, 1.54) is 0 Å². The zero-order chi connectivity index (χ0) is 11.4. The Morgan fingerprint density at radius 2 is 1.00 bits per heavy atom. The maximum atomic E-state index is 5.23. The smallest absolute Gasteiger partial charge is 0.192 e. The number of rotatable bonds is 3. The predicted octanol–water partition coefficient (Wildman–Crippen LogP) is 4.58. The van der Waals surface area contributed by atoms with Crippen molar-refractivity contribution in [2.75, 3.05) is 0 Å². The Bertz CT molecular complexity index is 440. The number of halogens is 2. The first kappa shape index (κ1) is 11.5. The standard InChI is InChI=1S/C12H8Br2O2/c13-9-5-1-3-7-11(9)15-16-12-8-4-2-6-10(12)14/h1-8H. The van der Waals surface area contributed by atoms with Gasteiger partial charge in [-0.1, -0.05) is 24.3 Å². The van der Waals surface area contributed by atoms with Crippen LogP contribution in [-0.4, -0.2) is 0 Å². The normalized spacial score (nSPS) is 9.88. The highest BCUT2D eigenvalue weighted by molar-refractivity contribution is 9.10. The molecule has 0 spiro atoms. The second-order valence-corrected chi connectivity index (χ2v) is 4.74. The van der Waals surface area contributed by atoms with Crippen molar-refractivity contribution >= 4 is 31.9 Å². The van der Waals surface area contributed by atoms with Gasteiger partial charge >= 0.3 is 0 Å². The molecule has 0 aliphatic heterocycles. The van der Waals surface area contributed by atoms with Crippen molar-refractivity contribution in [1.29, 1.82) is 0 Å². The summed E-state index contributed by atoms with van der Waals surface area (Å²) in [5, 5.41) is 0. The van der Waals surface area contributed by atoms with Crippen LogP contribution in [0.5, 0.6) is 11.5 Å². The Hall–Kier alpha value is -1.000. The lowest BCUT2D eigenvalue weighted by Gasteiger charge is -2.07. The molecule has 4 heteroatoms. The Labute approximate surface area is 110 Å². The third kappa shape index (κ3) is 2.77. The molecule has 2 aromatic rings. The molecule has 0 fully saturated rings. The lowest BCUT2D eigenvalue weighted by atomic mass is 10.3. The highest BCUT2D eigenvalue weighted by Gasteiger charge is 2.04. The molecule has 0 radical (unpaired) electrons. The van der Waals surface area contributed by atoms with Gasteiger partial charge in [-0.2, -0.15) is 0 Å². The number of para-hydroxylation sites is 2. The van der Waals surface area contributed by atoms with Crippen molar-refractivity contribution in [3.8, 4) is 11.5 Å². The first-order valence-corrected chi connectivity index (χ1v) is 6.19. The molecule has 0 aliphatic carbocycles. The minimum atomic E-state index is 0.637. The van der Waals surface area contributed by atoms with Crippen LogP contribution in [0.1, 0.15) is 0 Å². The minimum Gasteiger partial charge on any atom is -0.289 e. The molecule has 0 unspecified atom stereocenters. The van der Waals surface area contributed by atoms with E-state index in [0.717, 1.165) is 8.95 Å². The summed E-state index contributed by atoms with van der Waals surface area (Å²) in [6.07, 6.45) is 0. The average molecular weight is 344 g/mol. The van der Waals surface area contributed by atoms with Crippen molar-refractivity contribution in [3.05, 3.63) is 57.5 Å². The highest BCUT2D eigenvalue weighted by atomic mass is 79.9. The van der Waals surface area contributed by atoms with Crippen molar-refractivity contribution in [1.82, 2.24) is 0 Å². The van der Waals surface area contributed by atoms with E-state index in [4.69, 9.17) is 9.78 Å². The molecule has 0 aliphatic rings. The molecular formula is C12H8Br2O2. The van der Waals surface area contributed by atoms with Crippen LogP contribution in [0.4, 0.5) is 0 Å². The van der Waals surface area contributed by atoms with Gasteiger partial charge in [-0.15, -0.1) is 0 Å². The monoisotopic (exact) mass is 342 g/mol. The first-order chi connectivity index (χ1) is 7.77. The Morgan fingerprint density at radius 3 is 1.38 bits per heavy atom. The van der Waals surface area contributed by atoms with E-state index >= 15 is 0 Å². The van der Waals surface area contributed by atoms with Crippen LogP contribution in [-0.2, 0) is 0 Å². The van der Waals surface area contributed by atoms with E-state index in [9.17, 15) is 0 Å². The Morgan fingerprint density at radius 1 is 0.625 bits per heavy atom. The summed E-state index contributed by atoms with van der Waals surface area (Å²) >= 11 is 6.74. The van der Waals surface area contributed by atoms with Crippen LogP contribution in [0.15, 0.2) is 57.5 Å². The maximum Gasteiger partial charge on any atom is 0.192 e.